The summed E-state index contributed by atoms with van der Waals surface area (Å²) < 4.78 is 0. The average Bonchev–Trinajstić information content (AvgIpc) is 3.39. The van der Waals surface area contributed by atoms with E-state index in [4.69, 9.17) is 5.73 Å². The Labute approximate surface area is 262 Å². The van der Waals surface area contributed by atoms with E-state index in [2.05, 4.69) is 24.1 Å². The first-order valence-electron chi connectivity index (χ1n) is 15.3. The van der Waals surface area contributed by atoms with Crippen molar-refractivity contribution in [1.29, 1.82) is 0 Å². The summed E-state index contributed by atoms with van der Waals surface area (Å²) in [5, 5.41) is 48.7. The monoisotopic (exact) mass is 625 g/mol. The van der Waals surface area contributed by atoms with Gasteiger partial charge in [-0.25, -0.2) is 0 Å². The van der Waals surface area contributed by atoms with E-state index in [-0.39, 0.29) is 35.6 Å². The topological polar surface area (TPSA) is 197 Å². The van der Waals surface area contributed by atoms with Crippen molar-refractivity contribution in [3.63, 3.8) is 0 Å². The first-order chi connectivity index (χ1) is 21.0. The minimum absolute atomic E-state index is 0.00868. The van der Waals surface area contributed by atoms with E-state index >= 15 is 0 Å². The van der Waals surface area contributed by atoms with Gasteiger partial charge >= 0.3 is 0 Å². The minimum Gasteiger partial charge on any atom is -0.510 e. The molecule has 4 aliphatic rings. The number of hydrogen-bond acceptors (Lipinski definition) is 11. The van der Waals surface area contributed by atoms with Crippen LogP contribution in [0.5, 0.6) is 5.75 Å². The van der Waals surface area contributed by atoms with Crippen molar-refractivity contribution < 1.29 is 39.6 Å². The number of rotatable bonds is 7. The maximum atomic E-state index is 14.2. The Hall–Kier alpha value is -3.94. The number of nitrogens with two attached hydrogens (primary N) is 1. The fraction of sp³-hybridized carbons (Fsp3) is 0.562. The summed E-state index contributed by atoms with van der Waals surface area (Å²) in [7, 11) is 6.70. The molecular formula is C32H43N5O8. The first-order valence-corrected chi connectivity index (χ1v) is 15.3. The summed E-state index contributed by atoms with van der Waals surface area (Å²) in [5.41, 5.74) is 2.51. The molecule has 1 saturated heterocycles. The molecule has 13 nitrogen and oxygen atoms in total. The van der Waals surface area contributed by atoms with E-state index in [0.717, 1.165) is 19.5 Å². The number of likely N-dealkylation sites (N-methyl/N-ethyl adjacent to an activating group) is 1. The zero-order valence-corrected chi connectivity index (χ0v) is 26.5. The molecule has 1 fully saturated rings. The van der Waals surface area contributed by atoms with Crippen molar-refractivity contribution in [3.05, 3.63) is 39.9 Å². The number of nitrogens with one attached hydrogen (secondary N) is 1. The van der Waals surface area contributed by atoms with E-state index in [1.807, 2.05) is 0 Å². The number of aromatic hydroxyl groups is 1. The van der Waals surface area contributed by atoms with Gasteiger partial charge in [-0.1, -0.05) is 13.8 Å². The zero-order chi connectivity index (χ0) is 33.3. The Kier molecular flexibility index (Phi) is 8.26. The number of primary amides is 1. The van der Waals surface area contributed by atoms with Gasteiger partial charge in [0.15, 0.2) is 17.1 Å². The molecule has 0 spiro atoms. The van der Waals surface area contributed by atoms with E-state index < -0.39 is 69.8 Å². The Morgan fingerprint density at radius 1 is 1.16 bits per heavy atom. The standard InChI is InChI=1S/C32H43N5O8/c1-14(2)13-37-9-7-8-19(37)31(44)34-18-12-20(35(3)4)16-10-15-11-17-24(36(5)6)27(40)23(30(33)43)29(42)32(17,45)28(41)21(15)26(39)22(16)25(18)38/h12,14-15,17,19,24,38,40-41,45H,7-11,13H2,1-6H3,(H2,33,43)(H,34,44)/t15-,17-,19-,24-,32-/m0/s1. The van der Waals surface area contributed by atoms with E-state index in [9.17, 15) is 39.6 Å². The third-order valence-electron chi connectivity index (χ3n) is 9.70. The van der Waals surface area contributed by atoms with Crippen molar-refractivity contribution in [2.45, 2.75) is 57.2 Å². The molecule has 5 atom stereocenters. The normalized spacial score (nSPS) is 28.4. The van der Waals surface area contributed by atoms with Crippen molar-refractivity contribution in [2.24, 2.45) is 23.5 Å². The lowest BCUT2D eigenvalue weighted by Gasteiger charge is -2.50. The lowest BCUT2D eigenvalue weighted by Crippen LogP contribution is -2.63. The van der Waals surface area contributed by atoms with Gasteiger partial charge in [0, 0.05) is 37.8 Å². The number of benzene rings is 1. The maximum absolute atomic E-state index is 14.2. The molecule has 0 unspecified atom stereocenters. The highest BCUT2D eigenvalue weighted by molar-refractivity contribution is 6.25. The number of phenols is 1. The van der Waals surface area contributed by atoms with Crippen LogP contribution in [0.25, 0.3) is 0 Å². The lowest BCUT2D eigenvalue weighted by atomic mass is 9.58. The summed E-state index contributed by atoms with van der Waals surface area (Å²) in [6.07, 6.45) is 1.66. The fourth-order valence-corrected chi connectivity index (χ4v) is 7.82. The number of aliphatic hydroxyl groups is 3. The molecule has 1 aromatic carbocycles. The summed E-state index contributed by atoms with van der Waals surface area (Å²) >= 11 is 0. The average molecular weight is 626 g/mol. The van der Waals surface area contributed by atoms with Crippen LogP contribution in [0.3, 0.4) is 0 Å². The number of allylic oxidation sites excluding steroid dienone is 1. The molecule has 0 saturated carbocycles. The van der Waals surface area contributed by atoms with E-state index in [1.54, 1.807) is 39.2 Å². The third kappa shape index (κ3) is 4.97. The van der Waals surface area contributed by atoms with Crippen molar-refractivity contribution >= 4 is 34.8 Å². The summed E-state index contributed by atoms with van der Waals surface area (Å²) in [6, 6.07) is 0.156. The van der Waals surface area contributed by atoms with Gasteiger partial charge in [-0.15, -0.1) is 0 Å². The van der Waals surface area contributed by atoms with Gasteiger partial charge in [-0.2, -0.15) is 0 Å². The Bertz CT molecular complexity index is 1550. The predicted molar refractivity (Wildman–Crippen MR) is 166 cm³/mol. The number of amides is 2. The van der Waals surface area contributed by atoms with Gasteiger partial charge in [0.1, 0.15) is 17.1 Å². The van der Waals surface area contributed by atoms with Crippen LogP contribution in [0.1, 0.15) is 49.0 Å². The molecule has 1 aromatic rings. The number of nitrogens with zero attached hydrogens (tertiary/aromatic N) is 3. The number of aliphatic hydroxyl groups excluding tert-OH is 2. The number of phenolic OH excluding ortho intramolecular Hbond substituents is 1. The van der Waals surface area contributed by atoms with Gasteiger partial charge in [0.2, 0.25) is 11.7 Å². The highest BCUT2D eigenvalue weighted by atomic mass is 16.3. The number of carbonyl (C=O) groups excluding carboxylic acids is 4. The predicted octanol–water partition coefficient (Wildman–Crippen LogP) is 1.25. The highest BCUT2D eigenvalue weighted by Crippen LogP contribution is 2.54. The number of anilines is 2. The largest absolute Gasteiger partial charge is 0.510 e. The molecule has 0 aromatic heterocycles. The number of Topliss-reactive ketones (excluding diaryl/α,β-unsaturated/α-hetero) is 2. The van der Waals surface area contributed by atoms with Crippen LogP contribution in [-0.2, 0) is 20.8 Å². The van der Waals surface area contributed by atoms with Gasteiger partial charge in [-0.05, 0) is 69.8 Å². The molecule has 3 aliphatic carbocycles. The molecule has 0 bridgehead atoms. The van der Waals surface area contributed by atoms with Crippen LogP contribution in [0.15, 0.2) is 28.7 Å². The van der Waals surface area contributed by atoms with Crippen LogP contribution >= 0.6 is 0 Å². The Morgan fingerprint density at radius 2 is 1.82 bits per heavy atom. The number of carbonyl (C=O) groups is 4. The SMILES string of the molecule is CC(C)CN1CCC[C@H]1C(=O)Nc1cc(N(C)C)c2c(c1O)C(=O)C1=C(O)[C@]3(O)C(=O)C(C(N)=O)=C(O)[C@@H](N(C)C)[C@@H]3C[C@@H]1C2. The van der Waals surface area contributed by atoms with Crippen LogP contribution in [0.2, 0.25) is 0 Å². The second-order valence-corrected chi connectivity index (χ2v) is 13.5. The molecule has 13 heteroatoms. The minimum atomic E-state index is -2.72. The van der Waals surface area contributed by atoms with Crippen LogP contribution in [0.4, 0.5) is 11.4 Å². The van der Waals surface area contributed by atoms with E-state index in [1.165, 1.54) is 4.90 Å². The zero-order valence-electron chi connectivity index (χ0n) is 26.5. The Balaban J connectivity index is 1.61. The van der Waals surface area contributed by atoms with Gasteiger partial charge in [-0.3, -0.25) is 29.0 Å². The second-order valence-electron chi connectivity index (χ2n) is 13.5. The lowest BCUT2D eigenvalue weighted by molar-refractivity contribution is -0.148. The van der Waals surface area contributed by atoms with Gasteiger partial charge in [0.05, 0.1) is 23.3 Å². The summed E-state index contributed by atoms with van der Waals surface area (Å²) in [5.74, 6) is -7.17. The summed E-state index contributed by atoms with van der Waals surface area (Å²) in [4.78, 5) is 58.8. The molecule has 1 heterocycles. The highest BCUT2D eigenvalue weighted by Gasteiger charge is 2.63. The molecule has 0 radical (unpaired) electrons. The molecule has 1 aliphatic heterocycles. The molecule has 244 valence electrons. The van der Waals surface area contributed by atoms with Crippen LogP contribution < -0.4 is 16.0 Å². The number of fused-ring (bicyclic) bond motifs is 3. The Morgan fingerprint density at radius 3 is 2.40 bits per heavy atom. The molecule has 5 rings (SSSR count). The number of ketones is 2. The van der Waals surface area contributed by atoms with Crippen LogP contribution in [-0.4, -0.2) is 113 Å². The van der Waals surface area contributed by atoms with Crippen molar-refractivity contribution in [1.82, 2.24) is 9.80 Å². The van der Waals surface area contributed by atoms with Gasteiger partial charge in [0.25, 0.3) is 5.91 Å². The number of hydrogen-bond donors (Lipinski definition) is 6. The fourth-order valence-electron chi connectivity index (χ4n) is 7.82. The van der Waals surface area contributed by atoms with Crippen molar-refractivity contribution in [2.75, 3.05) is 51.5 Å². The van der Waals surface area contributed by atoms with Gasteiger partial charge < -0.3 is 36.4 Å². The van der Waals surface area contributed by atoms with Crippen LogP contribution in [0, 0.1) is 17.8 Å². The molecular weight excluding hydrogens is 582 g/mol. The maximum Gasteiger partial charge on any atom is 0.255 e. The summed E-state index contributed by atoms with van der Waals surface area (Å²) in [6.45, 7) is 5.68. The first kappa shape index (κ1) is 32.5. The second kappa shape index (κ2) is 11.5. The number of likely N-dealkylation sites (tertiary alicyclic amines) is 1. The molecule has 2 amide bonds. The smallest absolute Gasteiger partial charge is 0.255 e. The third-order valence-corrected chi connectivity index (χ3v) is 9.70. The molecule has 7 N–H and O–H groups in total. The van der Waals surface area contributed by atoms with Crippen molar-refractivity contribution in [3.8, 4) is 5.75 Å². The van der Waals surface area contributed by atoms with E-state index in [0.29, 0.717) is 23.6 Å². The molecule has 45 heavy (non-hydrogen) atoms. The quantitative estimate of drug-likeness (QED) is 0.188.